The van der Waals surface area contributed by atoms with Gasteiger partial charge >= 0.3 is 0 Å². The molecule has 0 bridgehead atoms. The monoisotopic (exact) mass is 330 g/mol. The number of likely N-dealkylation sites (tertiary alicyclic amines) is 1. The van der Waals surface area contributed by atoms with Gasteiger partial charge < -0.3 is 14.5 Å². The summed E-state index contributed by atoms with van der Waals surface area (Å²) in [5.41, 5.74) is 1.11. The van der Waals surface area contributed by atoms with Gasteiger partial charge in [0.05, 0.1) is 18.6 Å². The summed E-state index contributed by atoms with van der Waals surface area (Å²) >= 11 is 0. The molecule has 0 N–H and O–H groups in total. The van der Waals surface area contributed by atoms with Crippen LogP contribution in [0.15, 0.2) is 30.3 Å². The van der Waals surface area contributed by atoms with Gasteiger partial charge in [-0.15, -0.1) is 0 Å². The number of carbonyl (C=O) groups excluding carboxylic acids is 2. The van der Waals surface area contributed by atoms with Crippen LogP contribution in [-0.2, 0) is 14.3 Å². The molecule has 0 radical (unpaired) electrons. The number of nitrogens with zero attached hydrogens (tertiary/aromatic N) is 2. The van der Waals surface area contributed by atoms with E-state index in [1.54, 1.807) is 11.8 Å². The van der Waals surface area contributed by atoms with Crippen LogP contribution in [0.1, 0.15) is 38.4 Å². The number of amides is 2. The maximum atomic E-state index is 13.0. The normalized spacial score (nSPS) is 27.8. The van der Waals surface area contributed by atoms with Crippen molar-refractivity contribution in [2.45, 2.75) is 38.9 Å². The molecule has 24 heavy (non-hydrogen) atoms. The van der Waals surface area contributed by atoms with Crippen LogP contribution < -0.4 is 0 Å². The number of rotatable bonds is 2. The predicted octanol–water partition coefficient (Wildman–Crippen LogP) is 2.23. The van der Waals surface area contributed by atoms with Crippen molar-refractivity contribution in [1.29, 1.82) is 0 Å². The van der Waals surface area contributed by atoms with Crippen molar-refractivity contribution in [2.24, 2.45) is 5.92 Å². The molecule has 2 aliphatic rings. The molecule has 1 aromatic rings. The van der Waals surface area contributed by atoms with Crippen LogP contribution in [0.4, 0.5) is 0 Å². The first-order chi connectivity index (χ1) is 11.5. The summed E-state index contributed by atoms with van der Waals surface area (Å²) in [6.45, 7) is 6.12. The molecule has 5 nitrogen and oxygen atoms in total. The van der Waals surface area contributed by atoms with Gasteiger partial charge in [0.25, 0.3) is 0 Å². The van der Waals surface area contributed by atoms with Crippen molar-refractivity contribution in [2.75, 3.05) is 26.2 Å². The molecular formula is C19H26N2O3. The molecule has 0 spiro atoms. The zero-order valence-electron chi connectivity index (χ0n) is 14.5. The minimum atomic E-state index is -0.0793. The summed E-state index contributed by atoms with van der Waals surface area (Å²) in [6, 6.07) is 10.1. The molecule has 0 aromatic heterocycles. The molecule has 2 fully saturated rings. The number of morpholine rings is 1. The maximum Gasteiger partial charge on any atom is 0.227 e. The van der Waals surface area contributed by atoms with Crippen LogP contribution in [0.2, 0.25) is 0 Å². The fraction of sp³-hybridized carbons (Fsp3) is 0.579. The molecule has 0 saturated carbocycles. The molecule has 0 aliphatic carbocycles. The highest BCUT2D eigenvalue weighted by Gasteiger charge is 2.35. The largest absolute Gasteiger partial charge is 0.367 e. The Morgan fingerprint density at radius 1 is 1.08 bits per heavy atom. The minimum Gasteiger partial charge on any atom is -0.367 e. The predicted molar refractivity (Wildman–Crippen MR) is 91.3 cm³/mol. The summed E-state index contributed by atoms with van der Waals surface area (Å²) in [7, 11) is 0. The second kappa shape index (κ2) is 7.34. The van der Waals surface area contributed by atoms with Crippen molar-refractivity contribution in [3.05, 3.63) is 35.9 Å². The van der Waals surface area contributed by atoms with E-state index in [4.69, 9.17) is 4.74 Å². The number of hydrogen-bond donors (Lipinski definition) is 0. The Morgan fingerprint density at radius 3 is 2.54 bits per heavy atom. The summed E-state index contributed by atoms with van der Waals surface area (Å²) in [5, 5.41) is 0. The average molecular weight is 330 g/mol. The van der Waals surface area contributed by atoms with Crippen molar-refractivity contribution in [3.63, 3.8) is 0 Å². The topological polar surface area (TPSA) is 49.9 Å². The average Bonchev–Trinajstić information content (AvgIpc) is 2.61. The van der Waals surface area contributed by atoms with E-state index in [2.05, 4.69) is 0 Å². The third-order valence-corrected chi connectivity index (χ3v) is 4.96. The Bertz CT molecular complexity index is 590. The fourth-order valence-corrected chi connectivity index (χ4v) is 3.71. The molecule has 2 heterocycles. The number of carbonyl (C=O) groups is 2. The third kappa shape index (κ3) is 3.78. The Labute approximate surface area is 143 Å². The van der Waals surface area contributed by atoms with Gasteiger partial charge in [0, 0.05) is 26.6 Å². The first kappa shape index (κ1) is 17.0. The summed E-state index contributed by atoms with van der Waals surface area (Å²) < 4.78 is 6.04. The van der Waals surface area contributed by atoms with Gasteiger partial charge in [-0.05, 0) is 25.3 Å². The van der Waals surface area contributed by atoms with Crippen LogP contribution in [0.5, 0.6) is 0 Å². The third-order valence-electron chi connectivity index (χ3n) is 4.96. The lowest BCUT2D eigenvalue weighted by Crippen LogP contribution is -2.51. The Kier molecular flexibility index (Phi) is 5.19. The maximum absolute atomic E-state index is 13.0. The van der Waals surface area contributed by atoms with E-state index in [0.717, 1.165) is 24.9 Å². The molecule has 130 valence electrons. The van der Waals surface area contributed by atoms with Crippen LogP contribution in [-0.4, -0.2) is 53.9 Å². The fourth-order valence-electron chi connectivity index (χ4n) is 3.71. The number of piperidine rings is 1. The van der Waals surface area contributed by atoms with Crippen LogP contribution in [0.25, 0.3) is 0 Å². The number of ether oxygens (including phenoxy) is 1. The molecule has 0 unspecified atom stereocenters. The smallest absolute Gasteiger partial charge is 0.227 e. The van der Waals surface area contributed by atoms with E-state index in [-0.39, 0.29) is 29.9 Å². The summed E-state index contributed by atoms with van der Waals surface area (Å²) in [5.74, 6) is 0.145. The van der Waals surface area contributed by atoms with Crippen LogP contribution in [0.3, 0.4) is 0 Å². The summed E-state index contributed by atoms with van der Waals surface area (Å²) in [6.07, 6.45) is 1.70. The van der Waals surface area contributed by atoms with E-state index in [9.17, 15) is 9.59 Å². The van der Waals surface area contributed by atoms with E-state index >= 15 is 0 Å². The lowest BCUT2D eigenvalue weighted by atomic mass is 9.95. The highest BCUT2D eigenvalue weighted by Crippen LogP contribution is 2.27. The van der Waals surface area contributed by atoms with Gasteiger partial charge in [-0.2, -0.15) is 0 Å². The Balaban J connectivity index is 1.68. The first-order valence-corrected chi connectivity index (χ1v) is 8.79. The SMILES string of the molecule is CC(=O)N1CCC[C@H](C(=O)N2C[C@@H](C)O[C@H](c3ccccc3)C2)C1. The highest BCUT2D eigenvalue weighted by molar-refractivity contribution is 5.81. The molecule has 2 aliphatic heterocycles. The van der Waals surface area contributed by atoms with Crippen molar-refractivity contribution in [3.8, 4) is 0 Å². The molecule has 2 amide bonds. The quantitative estimate of drug-likeness (QED) is 0.835. The zero-order valence-corrected chi connectivity index (χ0v) is 14.5. The van der Waals surface area contributed by atoms with Crippen molar-refractivity contribution >= 4 is 11.8 Å². The number of benzene rings is 1. The molecule has 3 rings (SSSR count). The van der Waals surface area contributed by atoms with E-state index in [1.165, 1.54) is 0 Å². The lowest BCUT2D eigenvalue weighted by Gasteiger charge is -2.40. The second-order valence-corrected chi connectivity index (χ2v) is 6.89. The van der Waals surface area contributed by atoms with Gasteiger partial charge in [-0.3, -0.25) is 9.59 Å². The Hall–Kier alpha value is -1.88. The second-order valence-electron chi connectivity index (χ2n) is 6.89. The van der Waals surface area contributed by atoms with Gasteiger partial charge in [0.15, 0.2) is 0 Å². The molecule has 3 atom stereocenters. The van der Waals surface area contributed by atoms with Gasteiger partial charge in [0.2, 0.25) is 11.8 Å². The summed E-state index contributed by atoms with van der Waals surface area (Å²) in [4.78, 5) is 28.3. The molecular weight excluding hydrogens is 304 g/mol. The first-order valence-electron chi connectivity index (χ1n) is 8.79. The highest BCUT2D eigenvalue weighted by atomic mass is 16.5. The molecule has 2 saturated heterocycles. The minimum absolute atomic E-state index is 0.0143. The van der Waals surface area contributed by atoms with Crippen LogP contribution in [0, 0.1) is 5.92 Å². The molecule has 5 heteroatoms. The van der Waals surface area contributed by atoms with E-state index < -0.39 is 0 Å². The van der Waals surface area contributed by atoms with E-state index in [0.29, 0.717) is 19.6 Å². The van der Waals surface area contributed by atoms with Gasteiger partial charge in [-0.25, -0.2) is 0 Å². The van der Waals surface area contributed by atoms with E-state index in [1.807, 2.05) is 42.2 Å². The zero-order chi connectivity index (χ0) is 17.1. The van der Waals surface area contributed by atoms with Crippen LogP contribution >= 0.6 is 0 Å². The van der Waals surface area contributed by atoms with Crippen molar-refractivity contribution in [1.82, 2.24) is 9.80 Å². The number of hydrogen-bond acceptors (Lipinski definition) is 3. The van der Waals surface area contributed by atoms with Crippen molar-refractivity contribution < 1.29 is 14.3 Å². The Morgan fingerprint density at radius 2 is 1.83 bits per heavy atom. The lowest BCUT2D eigenvalue weighted by molar-refractivity contribution is -0.151. The standard InChI is InChI=1S/C19H26N2O3/c1-14-11-21(13-18(24-14)16-7-4-3-5-8-16)19(23)17-9-6-10-20(12-17)15(2)22/h3-5,7-8,14,17-18H,6,9-13H2,1-2H3/t14-,17+,18+/m1/s1. The molecule has 1 aromatic carbocycles. The van der Waals surface area contributed by atoms with Gasteiger partial charge in [-0.1, -0.05) is 30.3 Å². The van der Waals surface area contributed by atoms with Gasteiger partial charge in [0.1, 0.15) is 6.10 Å².